The number of thiophene rings is 1. The minimum Gasteiger partial charge on any atom is -0.149 e. The van der Waals surface area contributed by atoms with Crippen LogP contribution in [0.2, 0.25) is 0 Å². The summed E-state index contributed by atoms with van der Waals surface area (Å²) in [6.45, 7) is 0. The molecule has 2 heteroatoms. The first-order valence-electron chi connectivity index (χ1n) is 3.93. The van der Waals surface area contributed by atoms with E-state index >= 15 is 0 Å². The first-order chi connectivity index (χ1) is 5.35. The van der Waals surface area contributed by atoms with Crippen LogP contribution in [0.1, 0.15) is 17.7 Å². The summed E-state index contributed by atoms with van der Waals surface area (Å²) in [4.78, 5) is 1.54. The summed E-state index contributed by atoms with van der Waals surface area (Å²) in [5.74, 6) is 0. The summed E-state index contributed by atoms with van der Waals surface area (Å²) in [7, 11) is 0. The van der Waals surface area contributed by atoms with E-state index in [-0.39, 0.29) is 0 Å². The van der Waals surface area contributed by atoms with Gasteiger partial charge in [0, 0.05) is 10.2 Å². The van der Waals surface area contributed by atoms with Crippen LogP contribution in [0.3, 0.4) is 0 Å². The van der Waals surface area contributed by atoms with Crippen LogP contribution in [0.15, 0.2) is 17.5 Å². The largest absolute Gasteiger partial charge is 0.149 e. The van der Waals surface area contributed by atoms with E-state index in [9.17, 15) is 0 Å². The zero-order chi connectivity index (χ0) is 7.73. The van der Waals surface area contributed by atoms with Crippen LogP contribution >= 0.6 is 27.3 Å². The van der Waals surface area contributed by atoms with Crippen molar-refractivity contribution in [3.05, 3.63) is 22.4 Å². The molecule has 1 aliphatic carbocycles. The van der Waals surface area contributed by atoms with Crippen LogP contribution in [0.4, 0.5) is 0 Å². The fourth-order valence-corrected chi connectivity index (χ4v) is 2.95. The molecule has 1 heterocycles. The number of halogens is 1. The SMILES string of the molecule is BrCC1(Cc2cccs2)CC1. The van der Waals surface area contributed by atoms with E-state index in [1.165, 1.54) is 24.6 Å². The quantitative estimate of drug-likeness (QED) is 0.699. The summed E-state index contributed by atoms with van der Waals surface area (Å²) in [6.07, 6.45) is 4.11. The van der Waals surface area contributed by atoms with Crippen molar-refractivity contribution in [2.75, 3.05) is 5.33 Å². The van der Waals surface area contributed by atoms with Gasteiger partial charge in [0.05, 0.1) is 0 Å². The minimum absolute atomic E-state index is 0.644. The predicted octanol–water partition coefficient (Wildman–Crippen LogP) is 3.47. The van der Waals surface area contributed by atoms with E-state index in [4.69, 9.17) is 0 Å². The zero-order valence-corrected chi connectivity index (χ0v) is 8.75. The third-order valence-corrected chi connectivity index (χ3v) is 4.44. The molecule has 0 radical (unpaired) electrons. The molecule has 0 N–H and O–H groups in total. The van der Waals surface area contributed by atoms with Crippen molar-refractivity contribution in [3.8, 4) is 0 Å². The Morgan fingerprint density at radius 1 is 1.55 bits per heavy atom. The maximum absolute atomic E-state index is 3.58. The summed E-state index contributed by atoms with van der Waals surface area (Å²) in [6, 6.07) is 4.39. The zero-order valence-electron chi connectivity index (χ0n) is 6.35. The Balaban J connectivity index is 2.01. The van der Waals surface area contributed by atoms with Crippen LogP contribution in [-0.2, 0) is 6.42 Å². The van der Waals surface area contributed by atoms with E-state index in [2.05, 4.69) is 33.4 Å². The highest BCUT2D eigenvalue weighted by Gasteiger charge is 2.41. The molecule has 11 heavy (non-hydrogen) atoms. The molecule has 0 saturated heterocycles. The maximum atomic E-state index is 3.58. The molecular weight excluding hydrogens is 220 g/mol. The molecule has 60 valence electrons. The maximum Gasteiger partial charge on any atom is 0.00914 e. The van der Waals surface area contributed by atoms with E-state index in [1.54, 1.807) is 4.88 Å². The Labute approximate surface area is 79.8 Å². The van der Waals surface area contributed by atoms with Gasteiger partial charge < -0.3 is 0 Å². The minimum atomic E-state index is 0.644. The smallest absolute Gasteiger partial charge is 0.00914 e. The summed E-state index contributed by atoms with van der Waals surface area (Å²) in [5, 5.41) is 3.34. The topological polar surface area (TPSA) is 0 Å². The molecule has 0 aliphatic heterocycles. The molecule has 0 amide bonds. The van der Waals surface area contributed by atoms with Crippen molar-refractivity contribution in [3.63, 3.8) is 0 Å². The van der Waals surface area contributed by atoms with E-state index < -0.39 is 0 Å². The highest BCUT2D eigenvalue weighted by atomic mass is 79.9. The summed E-state index contributed by atoms with van der Waals surface area (Å²) in [5.41, 5.74) is 0.644. The van der Waals surface area contributed by atoms with Gasteiger partial charge in [0.1, 0.15) is 0 Å². The number of alkyl halides is 1. The lowest BCUT2D eigenvalue weighted by Crippen LogP contribution is -2.04. The lowest BCUT2D eigenvalue weighted by Gasteiger charge is -2.07. The van der Waals surface area contributed by atoms with Crippen LogP contribution in [0.5, 0.6) is 0 Å². The van der Waals surface area contributed by atoms with E-state index in [0.29, 0.717) is 5.41 Å². The predicted molar refractivity (Wildman–Crippen MR) is 53.5 cm³/mol. The Hall–Kier alpha value is 0.180. The molecule has 1 aromatic rings. The van der Waals surface area contributed by atoms with Gasteiger partial charge in [0.25, 0.3) is 0 Å². The Morgan fingerprint density at radius 2 is 2.36 bits per heavy atom. The van der Waals surface area contributed by atoms with Gasteiger partial charge in [-0.25, -0.2) is 0 Å². The van der Waals surface area contributed by atoms with Crippen LogP contribution in [0, 0.1) is 5.41 Å². The molecule has 2 rings (SSSR count). The lowest BCUT2D eigenvalue weighted by molar-refractivity contribution is 0.592. The van der Waals surface area contributed by atoms with Crippen LogP contribution < -0.4 is 0 Å². The molecule has 0 spiro atoms. The first kappa shape index (κ1) is 7.81. The van der Waals surface area contributed by atoms with Gasteiger partial charge in [0.2, 0.25) is 0 Å². The third-order valence-electron chi connectivity index (χ3n) is 2.37. The summed E-state index contributed by atoms with van der Waals surface area (Å²) < 4.78 is 0. The molecule has 1 saturated carbocycles. The van der Waals surface area contributed by atoms with Crippen LogP contribution in [-0.4, -0.2) is 5.33 Å². The molecule has 1 fully saturated rings. The highest BCUT2D eigenvalue weighted by molar-refractivity contribution is 9.09. The third kappa shape index (κ3) is 1.67. The molecular formula is C9H11BrS. The van der Waals surface area contributed by atoms with Crippen molar-refractivity contribution in [1.29, 1.82) is 0 Å². The van der Waals surface area contributed by atoms with Crippen molar-refractivity contribution < 1.29 is 0 Å². The van der Waals surface area contributed by atoms with E-state index in [0.717, 1.165) is 0 Å². The van der Waals surface area contributed by atoms with E-state index in [1.807, 2.05) is 11.3 Å². The second kappa shape index (κ2) is 2.91. The molecule has 0 nitrogen and oxygen atoms in total. The monoisotopic (exact) mass is 230 g/mol. The van der Waals surface area contributed by atoms with Crippen molar-refractivity contribution >= 4 is 27.3 Å². The average molecular weight is 231 g/mol. The standard InChI is InChI=1S/C9H11BrS/c10-7-9(3-4-9)6-8-2-1-5-11-8/h1-2,5H,3-4,6-7H2. The number of hydrogen-bond acceptors (Lipinski definition) is 1. The van der Waals surface area contributed by atoms with Crippen molar-refractivity contribution in [2.24, 2.45) is 5.41 Å². The Morgan fingerprint density at radius 3 is 2.82 bits per heavy atom. The lowest BCUT2D eigenvalue weighted by atomic mass is 10.1. The molecule has 1 aromatic heterocycles. The fourth-order valence-electron chi connectivity index (χ4n) is 1.32. The average Bonchev–Trinajstić information content (AvgIpc) is 2.59. The van der Waals surface area contributed by atoms with Gasteiger partial charge >= 0.3 is 0 Å². The van der Waals surface area contributed by atoms with Gasteiger partial charge in [-0.2, -0.15) is 0 Å². The number of hydrogen-bond donors (Lipinski definition) is 0. The van der Waals surface area contributed by atoms with Gasteiger partial charge in [-0.1, -0.05) is 22.0 Å². The normalized spacial score (nSPS) is 20.1. The van der Waals surface area contributed by atoms with Gasteiger partial charge in [-0.15, -0.1) is 11.3 Å². The molecule has 0 unspecified atom stereocenters. The van der Waals surface area contributed by atoms with Gasteiger partial charge in [0.15, 0.2) is 0 Å². The molecule has 1 aliphatic rings. The van der Waals surface area contributed by atoms with Gasteiger partial charge in [-0.3, -0.25) is 0 Å². The van der Waals surface area contributed by atoms with Crippen molar-refractivity contribution in [1.82, 2.24) is 0 Å². The fraction of sp³-hybridized carbons (Fsp3) is 0.556. The molecule has 0 atom stereocenters. The number of rotatable bonds is 3. The molecule has 0 bridgehead atoms. The second-order valence-corrected chi connectivity index (χ2v) is 4.98. The first-order valence-corrected chi connectivity index (χ1v) is 5.93. The Kier molecular flexibility index (Phi) is 2.06. The van der Waals surface area contributed by atoms with Crippen LogP contribution in [0.25, 0.3) is 0 Å². The second-order valence-electron chi connectivity index (χ2n) is 3.39. The highest BCUT2D eigenvalue weighted by Crippen LogP contribution is 2.50. The van der Waals surface area contributed by atoms with Crippen molar-refractivity contribution in [2.45, 2.75) is 19.3 Å². The van der Waals surface area contributed by atoms with Gasteiger partial charge in [-0.05, 0) is 36.1 Å². The summed E-state index contributed by atoms with van der Waals surface area (Å²) >= 11 is 5.47. The molecule has 0 aromatic carbocycles. The Bertz CT molecular complexity index is 224.